The zero-order chi connectivity index (χ0) is 14.7. The molecule has 1 aliphatic heterocycles. The van der Waals surface area contributed by atoms with Crippen LogP contribution in [0.1, 0.15) is 5.56 Å². The Hall–Kier alpha value is -2.34. The average Bonchev–Trinajstić information content (AvgIpc) is 2.53. The summed E-state index contributed by atoms with van der Waals surface area (Å²) in [4.78, 5) is 10.5. The van der Waals surface area contributed by atoms with Gasteiger partial charge < -0.3 is 20.7 Å². The smallest absolute Gasteiger partial charge is 0.138 e. The minimum absolute atomic E-state index is 0.498. The lowest BCUT2D eigenvalue weighted by Gasteiger charge is -2.28. The van der Waals surface area contributed by atoms with Crippen molar-refractivity contribution < 1.29 is 4.74 Å². The lowest BCUT2D eigenvalue weighted by atomic mass is 10.2. The maximum Gasteiger partial charge on any atom is 0.138 e. The predicted molar refractivity (Wildman–Crippen MR) is 83.9 cm³/mol. The molecule has 0 atom stereocenters. The normalized spacial score (nSPS) is 15.0. The summed E-state index contributed by atoms with van der Waals surface area (Å²) in [5.41, 5.74) is 8.83. The first-order chi connectivity index (χ1) is 10.2. The number of aromatic nitrogens is 2. The van der Waals surface area contributed by atoms with Crippen LogP contribution in [-0.2, 0) is 4.74 Å². The summed E-state index contributed by atoms with van der Waals surface area (Å²) in [5, 5.41) is 3.27. The third kappa shape index (κ3) is 3.05. The van der Waals surface area contributed by atoms with E-state index in [1.165, 1.54) is 12.0 Å². The zero-order valence-corrected chi connectivity index (χ0v) is 12.0. The van der Waals surface area contributed by atoms with Gasteiger partial charge in [-0.3, -0.25) is 0 Å². The van der Waals surface area contributed by atoms with E-state index in [4.69, 9.17) is 10.5 Å². The van der Waals surface area contributed by atoms with Gasteiger partial charge in [0.15, 0.2) is 0 Å². The lowest BCUT2D eigenvalue weighted by molar-refractivity contribution is 0.122. The van der Waals surface area contributed by atoms with Crippen molar-refractivity contribution in [2.75, 3.05) is 42.3 Å². The molecule has 0 saturated carbocycles. The van der Waals surface area contributed by atoms with E-state index in [9.17, 15) is 0 Å². The fraction of sp³-hybridized carbons (Fsp3) is 0.333. The van der Waals surface area contributed by atoms with Gasteiger partial charge in [-0.2, -0.15) is 0 Å². The van der Waals surface area contributed by atoms with Gasteiger partial charge in [-0.25, -0.2) is 9.97 Å². The first kappa shape index (κ1) is 13.6. The molecule has 1 saturated heterocycles. The molecule has 0 aliphatic carbocycles. The first-order valence-electron chi connectivity index (χ1n) is 7.01. The van der Waals surface area contributed by atoms with Gasteiger partial charge in [0.25, 0.3) is 0 Å². The molecule has 0 amide bonds. The molecule has 0 radical (unpaired) electrons. The van der Waals surface area contributed by atoms with Crippen LogP contribution in [0, 0.1) is 6.92 Å². The minimum atomic E-state index is 0.498. The van der Waals surface area contributed by atoms with E-state index in [0.717, 1.165) is 43.4 Å². The van der Waals surface area contributed by atoms with Gasteiger partial charge in [-0.15, -0.1) is 0 Å². The molecule has 2 heterocycles. The van der Waals surface area contributed by atoms with Crippen molar-refractivity contribution >= 4 is 23.0 Å². The number of nitrogens with two attached hydrogens (primary N) is 1. The van der Waals surface area contributed by atoms with Crippen LogP contribution >= 0.6 is 0 Å². The van der Waals surface area contributed by atoms with Crippen LogP contribution in [0.15, 0.2) is 30.6 Å². The number of nitrogens with one attached hydrogen (secondary N) is 1. The van der Waals surface area contributed by atoms with Gasteiger partial charge in [0.2, 0.25) is 0 Å². The number of rotatable bonds is 3. The van der Waals surface area contributed by atoms with E-state index in [0.29, 0.717) is 5.82 Å². The molecule has 0 bridgehead atoms. The van der Waals surface area contributed by atoms with Crippen molar-refractivity contribution in [3.05, 3.63) is 36.2 Å². The standard InChI is InChI=1S/C15H19N5O/c1-11-14(16)17-10-18-15(11)19-12-2-4-13(5-3-12)20-6-8-21-9-7-20/h2-5,10H,6-9H2,1H3,(H3,16,17,18,19). The second kappa shape index (κ2) is 5.97. The Morgan fingerprint density at radius 3 is 2.57 bits per heavy atom. The van der Waals surface area contributed by atoms with E-state index in [-0.39, 0.29) is 0 Å². The summed E-state index contributed by atoms with van der Waals surface area (Å²) in [6.45, 7) is 5.36. The molecule has 1 fully saturated rings. The number of anilines is 4. The highest BCUT2D eigenvalue weighted by Crippen LogP contribution is 2.23. The third-order valence-corrected chi connectivity index (χ3v) is 3.63. The molecule has 110 valence electrons. The van der Waals surface area contributed by atoms with E-state index in [1.807, 2.05) is 19.1 Å². The molecular formula is C15H19N5O. The van der Waals surface area contributed by atoms with Crippen molar-refractivity contribution in [2.45, 2.75) is 6.92 Å². The highest BCUT2D eigenvalue weighted by atomic mass is 16.5. The maximum absolute atomic E-state index is 5.79. The van der Waals surface area contributed by atoms with E-state index >= 15 is 0 Å². The van der Waals surface area contributed by atoms with Crippen LogP contribution in [0.2, 0.25) is 0 Å². The molecule has 3 N–H and O–H groups in total. The summed E-state index contributed by atoms with van der Waals surface area (Å²) in [6, 6.07) is 8.30. The minimum Gasteiger partial charge on any atom is -0.383 e. The van der Waals surface area contributed by atoms with Crippen LogP contribution in [0.25, 0.3) is 0 Å². The predicted octanol–water partition coefficient (Wildman–Crippen LogP) is 1.95. The second-order valence-electron chi connectivity index (χ2n) is 5.00. The Morgan fingerprint density at radius 2 is 1.86 bits per heavy atom. The quantitative estimate of drug-likeness (QED) is 0.897. The topological polar surface area (TPSA) is 76.3 Å². The highest BCUT2D eigenvalue weighted by molar-refractivity contribution is 5.65. The Morgan fingerprint density at radius 1 is 1.14 bits per heavy atom. The Labute approximate surface area is 124 Å². The van der Waals surface area contributed by atoms with Gasteiger partial charge >= 0.3 is 0 Å². The monoisotopic (exact) mass is 285 g/mol. The van der Waals surface area contributed by atoms with Crippen molar-refractivity contribution in [1.82, 2.24) is 9.97 Å². The van der Waals surface area contributed by atoms with Gasteiger partial charge in [-0.05, 0) is 31.2 Å². The van der Waals surface area contributed by atoms with Crippen LogP contribution in [0.4, 0.5) is 23.0 Å². The van der Waals surface area contributed by atoms with Crippen LogP contribution in [-0.4, -0.2) is 36.3 Å². The first-order valence-corrected chi connectivity index (χ1v) is 7.01. The summed E-state index contributed by atoms with van der Waals surface area (Å²) < 4.78 is 5.37. The molecule has 6 heteroatoms. The Bertz CT molecular complexity index is 608. The van der Waals surface area contributed by atoms with Crippen molar-refractivity contribution in [2.24, 2.45) is 0 Å². The van der Waals surface area contributed by atoms with E-state index in [2.05, 4.69) is 32.3 Å². The van der Waals surface area contributed by atoms with Crippen LogP contribution in [0.3, 0.4) is 0 Å². The van der Waals surface area contributed by atoms with Gasteiger partial charge in [0.05, 0.1) is 13.2 Å². The number of benzene rings is 1. The molecule has 2 aromatic rings. The fourth-order valence-electron chi connectivity index (χ4n) is 2.30. The fourth-order valence-corrected chi connectivity index (χ4v) is 2.30. The number of morpholine rings is 1. The molecule has 0 spiro atoms. The Kier molecular flexibility index (Phi) is 3.87. The lowest BCUT2D eigenvalue weighted by Crippen LogP contribution is -2.36. The second-order valence-corrected chi connectivity index (χ2v) is 5.00. The maximum atomic E-state index is 5.79. The number of nitrogen functional groups attached to an aromatic ring is 1. The van der Waals surface area contributed by atoms with Crippen molar-refractivity contribution in [1.29, 1.82) is 0 Å². The molecule has 6 nitrogen and oxygen atoms in total. The molecule has 0 unspecified atom stereocenters. The summed E-state index contributed by atoms with van der Waals surface area (Å²) in [7, 11) is 0. The number of nitrogens with zero attached hydrogens (tertiary/aromatic N) is 3. The number of hydrogen-bond donors (Lipinski definition) is 2. The Balaban J connectivity index is 1.73. The third-order valence-electron chi connectivity index (χ3n) is 3.63. The molecule has 1 aromatic heterocycles. The highest BCUT2D eigenvalue weighted by Gasteiger charge is 2.11. The molecule has 3 rings (SSSR count). The van der Waals surface area contributed by atoms with Crippen LogP contribution in [0.5, 0.6) is 0 Å². The molecule has 1 aromatic carbocycles. The van der Waals surface area contributed by atoms with Gasteiger partial charge in [0, 0.05) is 30.0 Å². The summed E-state index contributed by atoms with van der Waals surface area (Å²) in [6.07, 6.45) is 1.47. The summed E-state index contributed by atoms with van der Waals surface area (Å²) in [5.74, 6) is 1.24. The number of ether oxygens (including phenoxy) is 1. The molecular weight excluding hydrogens is 266 g/mol. The van der Waals surface area contributed by atoms with Gasteiger partial charge in [-0.1, -0.05) is 0 Å². The largest absolute Gasteiger partial charge is 0.383 e. The average molecular weight is 285 g/mol. The molecule has 21 heavy (non-hydrogen) atoms. The number of hydrogen-bond acceptors (Lipinski definition) is 6. The van der Waals surface area contributed by atoms with E-state index < -0.39 is 0 Å². The molecule has 1 aliphatic rings. The van der Waals surface area contributed by atoms with Gasteiger partial charge in [0.1, 0.15) is 18.0 Å². The van der Waals surface area contributed by atoms with Crippen molar-refractivity contribution in [3.63, 3.8) is 0 Å². The summed E-state index contributed by atoms with van der Waals surface area (Å²) >= 11 is 0. The zero-order valence-electron chi connectivity index (χ0n) is 12.0. The van der Waals surface area contributed by atoms with Crippen LogP contribution < -0.4 is 16.0 Å². The SMILES string of the molecule is Cc1c(N)ncnc1Nc1ccc(N2CCOCC2)cc1. The van der Waals surface area contributed by atoms with E-state index in [1.54, 1.807) is 0 Å². The van der Waals surface area contributed by atoms with Crippen molar-refractivity contribution in [3.8, 4) is 0 Å².